The van der Waals surface area contributed by atoms with Gasteiger partial charge in [0.05, 0.1) is 22.7 Å². The quantitative estimate of drug-likeness (QED) is 0.108. The molecule has 0 saturated heterocycles. The summed E-state index contributed by atoms with van der Waals surface area (Å²) in [5.41, 5.74) is 17.2. The number of anilines is 9. The maximum absolute atomic E-state index is 7.55. The van der Waals surface area contributed by atoms with E-state index in [1.807, 2.05) is 42.5 Å². The molecular weight excluding hydrogens is 1020 g/mol. The van der Waals surface area contributed by atoms with E-state index in [-0.39, 0.29) is 10.8 Å². The number of rotatable bonds is 14. The second-order valence-corrected chi connectivity index (χ2v) is 23.0. The molecule has 0 radical (unpaired) electrons. The summed E-state index contributed by atoms with van der Waals surface area (Å²) >= 11 is 14.7. The summed E-state index contributed by atoms with van der Waals surface area (Å²) in [4.78, 5) is 6.98. The van der Waals surface area contributed by atoms with Gasteiger partial charge >= 0.3 is 0 Å². The van der Waals surface area contributed by atoms with Crippen LogP contribution in [0, 0.1) is 0 Å². The molecular formula is C74H63Cl2N3O. The third-order valence-corrected chi connectivity index (χ3v) is 14.9. The van der Waals surface area contributed by atoms with Gasteiger partial charge in [0, 0.05) is 61.2 Å². The highest BCUT2D eigenvalue weighted by atomic mass is 35.5. The molecule has 11 aromatic carbocycles. The van der Waals surface area contributed by atoms with Crippen molar-refractivity contribution in [2.75, 3.05) is 14.7 Å². The lowest BCUT2D eigenvalue weighted by atomic mass is 9.84. The van der Waals surface area contributed by atoms with Crippen LogP contribution in [-0.2, 0) is 10.8 Å². The van der Waals surface area contributed by atoms with E-state index < -0.39 is 0 Å². The molecule has 0 aliphatic rings. The van der Waals surface area contributed by atoms with E-state index in [0.29, 0.717) is 21.5 Å². The lowest BCUT2D eigenvalue weighted by Crippen LogP contribution is -2.17. The Morgan fingerprint density at radius 2 is 0.637 bits per heavy atom. The molecule has 0 atom stereocenters. The van der Waals surface area contributed by atoms with Crippen molar-refractivity contribution in [2.45, 2.75) is 52.4 Å². The molecule has 11 aromatic rings. The van der Waals surface area contributed by atoms with Crippen molar-refractivity contribution in [1.29, 1.82) is 0 Å². The summed E-state index contributed by atoms with van der Waals surface area (Å²) in [5, 5.41) is 1.13. The van der Waals surface area contributed by atoms with E-state index >= 15 is 0 Å². The minimum atomic E-state index is -0.114. The van der Waals surface area contributed by atoms with Gasteiger partial charge in [0.2, 0.25) is 0 Å². The molecule has 0 aromatic heterocycles. The minimum Gasteiger partial charge on any atom is -0.457 e. The Morgan fingerprint density at radius 3 is 1.12 bits per heavy atom. The predicted molar refractivity (Wildman–Crippen MR) is 341 cm³/mol. The Bertz CT molecular complexity index is 3910. The minimum absolute atomic E-state index is 0.0797. The zero-order valence-corrected chi connectivity index (χ0v) is 47.5. The summed E-state index contributed by atoms with van der Waals surface area (Å²) in [6.45, 7) is 13.6. The standard InChI is InChI=1S/C74H63Cl2N3O/c1-73(2,3)55-39-41-71(68(43-55)53-27-14-8-15-28-53)77(59-31-18-10-19-32-59)62-45-57(75)46-63(50-62)78(70-38-23-22-37-67(70)52-25-12-7-13-26-52)60-33-24-34-61(49-60)79(64-47-58(76)48-66(51-64)80-65-35-20-11-21-36-65)72-42-40-56(74(4,5)6)44-69(72)54-29-16-9-17-30-54/h7-51H,1-6H3. The monoisotopic (exact) mass is 1080 g/mol. The van der Waals surface area contributed by atoms with Crippen molar-refractivity contribution < 1.29 is 4.74 Å². The summed E-state index contributed by atoms with van der Waals surface area (Å²) in [5.74, 6) is 1.33. The Kier molecular flexibility index (Phi) is 15.2. The van der Waals surface area contributed by atoms with E-state index in [4.69, 9.17) is 27.9 Å². The van der Waals surface area contributed by atoms with Gasteiger partial charge in [-0.05, 0) is 142 Å². The molecule has 4 nitrogen and oxygen atoms in total. The van der Waals surface area contributed by atoms with Gasteiger partial charge in [0.25, 0.3) is 0 Å². The normalized spacial score (nSPS) is 11.5. The number of benzene rings is 11. The third kappa shape index (κ3) is 11.7. The van der Waals surface area contributed by atoms with Crippen molar-refractivity contribution in [1.82, 2.24) is 0 Å². The molecule has 0 N–H and O–H groups in total. The number of para-hydroxylation sites is 3. The first-order valence-electron chi connectivity index (χ1n) is 27.2. The topological polar surface area (TPSA) is 19.0 Å². The first-order chi connectivity index (χ1) is 38.7. The van der Waals surface area contributed by atoms with Crippen molar-refractivity contribution in [3.8, 4) is 44.9 Å². The summed E-state index contributed by atoms with van der Waals surface area (Å²) in [6.07, 6.45) is 0. The molecule has 80 heavy (non-hydrogen) atoms. The molecule has 0 aliphatic carbocycles. The maximum Gasteiger partial charge on any atom is 0.131 e. The van der Waals surface area contributed by atoms with E-state index in [0.717, 1.165) is 84.6 Å². The lowest BCUT2D eigenvalue weighted by molar-refractivity contribution is 0.483. The SMILES string of the molecule is CC(C)(C)c1ccc(N(c2cc(Cl)cc(Oc3ccccc3)c2)c2cccc(N(c3cc(Cl)cc(N(c4ccccc4)c4ccc(C(C)(C)C)cc4-c4ccccc4)c3)c3ccccc3-c3ccccc3)c2)c(-c2ccccc2)c1. The van der Waals surface area contributed by atoms with E-state index in [2.05, 4.69) is 287 Å². The van der Waals surface area contributed by atoms with Crippen LogP contribution in [0.15, 0.2) is 273 Å². The molecule has 0 unspecified atom stereocenters. The molecule has 0 saturated carbocycles. The van der Waals surface area contributed by atoms with E-state index in [9.17, 15) is 0 Å². The highest BCUT2D eigenvalue weighted by Crippen LogP contribution is 2.50. The first-order valence-corrected chi connectivity index (χ1v) is 27.9. The van der Waals surface area contributed by atoms with Gasteiger partial charge in [-0.2, -0.15) is 0 Å². The Labute approximate surface area is 482 Å². The van der Waals surface area contributed by atoms with Gasteiger partial charge in [0.1, 0.15) is 11.5 Å². The molecule has 0 aliphatic heterocycles. The molecule has 0 heterocycles. The van der Waals surface area contributed by atoms with Crippen molar-refractivity contribution >= 4 is 74.4 Å². The van der Waals surface area contributed by atoms with Crippen LogP contribution in [0.2, 0.25) is 10.0 Å². The first kappa shape index (κ1) is 53.2. The average Bonchev–Trinajstić information content (AvgIpc) is 3.48. The van der Waals surface area contributed by atoms with Crippen LogP contribution in [0.4, 0.5) is 51.2 Å². The number of ether oxygens (including phenoxy) is 1. The molecule has 6 heteroatoms. The highest BCUT2D eigenvalue weighted by Gasteiger charge is 2.27. The fraction of sp³-hybridized carbons (Fsp3) is 0.108. The number of hydrogen-bond donors (Lipinski definition) is 0. The van der Waals surface area contributed by atoms with Gasteiger partial charge in [-0.15, -0.1) is 0 Å². The van der Waals surface area contributed by atoms with Gasteiger partial charge in [0.15, 0.2) is 0 Å². The third-order valence-electron chi connectivity index (χ3n) is 14.4. The molecule has 0 bridgehead atoms. The van der Waals surface area contributed by atoms with Crippen LogP contribution in [-0.4, -0.2) is 0 Å². The van der Waals surface area contributed by atoms with Crippen LogP contribution in [0.25, 0.3) is 33.4 Å². The zero-order valence-electron chi connectivity index (χ0n) is 46.0. The van der Waals surface area contributed by atoms with Crippen LogP contribution in [0.5, 0.6) is 11.5 Å². The van der Waals surface area contributed by atoms with Gasteiger partial charge in [-0.25, -0.2) is 0 Å². The fourth-order valence-corrected chi connectivity index (χ4v) is 10.9. The molecule has 394 valence electrons. The molecule has 0 amide bonds. The molecule has 11 rings (SSSR count). The predicted octanol–water partition coefficient (Wildman–Crippen LogP) is 22.8. The van der Waals surface area contributed by atoms with Gasteiger partial charge in [-0.3, -0.25) is 0 Å². The molecule has 0 fully saturated rings. The van der Waals surface area contributed by atoms with E-state index in [1.165, 1.54) is 11.1 Å². The second kappa shape index (κ2) is 22.9. The van der Waals surface area contributed by atoms with Crippen molar-refractivity contribution in [3.05, 3.63) is 294 Å². The van der Waals surface area contributed by atoms with E-state index in [1.54, 1.807) is 0 Å². The Balaban J connectivity index is 1.16. The van der Waals surface area contributed by atoms with Crippen LogP contribution >= 0.6 is 23.2 Å². The Morgan fingerprint density at radius 1 is 0.275 bits per heavy atom. The van der Waals surface area contributed by atoms with Crippen LogP contribution in [0.1, 0.15) is 52.7 Å². The number of halogens is 2. The van der Waals surface area contributed by atoms with Crippen molar-refractivity contribution in [2.24, 2.45) is 0 Å². The largest absolute Gasteiger partial charge is 0.457 e. The lowest BCUT2D eigenvalue weighted by Gasteiger charge is -2.33. The Hall–Kier alpha value is -8.80. The second-order valence-electron chi connectivity index (χ2n) is 22.2. The summed E-state index contributed by atoms with van der Waals surface area (Å²) < 4.78 is 6.56. The maximum atomic E-state index is 7.55. The van der Waals surface area contributed by atoms with Gasteiger partial charge in [-0.1, -0.05) is 229 Å². The summed E-state index contributed by atoms with van der Waals surface area (Å²) in [7, 11) is 0. The highest BCUT2D eigenvalue weighted by molar-refractivity contribution is 6.31. The van der Waals surface area contributed by atoms with Crippen LogP contribution < -0.4 is 19.4 Å². The average molecular weight is 1080 g/mol. The smallest absolute Gasteiger partial charge is 0.131 e. The zero-order chi connectivity index (χ0) is 55.4. The molecule has 0 spiro atoms. The fourth-order valence-electron chi connectivity index (χ4n) is 10.4. The number of hydrogen-bond acceptors (Lipinski definition) is 4. The van der Waals surface area contributed by atoms with Crippen molar-refractivity contribution in [3.63, 3.8) is 0 Å². The van der Waals surface area contributed by atoms with Crippen LogP contribution in [0.3, 0.4) is 0 Å². The number of nitrogens with zero attached hydrogens (tertiary/aromatic N) is 3. The van der Waals surface area contributed by atoms with Gasteiger partial charge < -0.3 is 19.4 Å². The summed E-state index contributed by atoms with van der Waals surface area (Å²) in [6, 6.07) is 95.7.